The molecule has 2 amide bonds. The van der Waals surface area contributed by atoms with Gasteiger partial charge in [0.1, 0.15) is 5.75 Å². The van der Waals surface area contributed by atoms with Crippen molar-refractivity contribution in [3.8, 4) is 5.75 Å². The molecule has 1 saturated heterocycles. The van der Waals surface area contributed by atoms with Gasteiger partial charge in [0.2, 0.25) is 5.91 Å². The third-order valence-electron chi connectivity index (χ3n) is 4.58. The van der Waals surface area contributed by atoms with Crippen LogP contribution in [-0.2, 0) is 16.1 Å². The van der Waals surface area contributed by atoms with Crippen LogP contribution in [0.25, 0.3) is 0 Å². The first-order valence-electron chi connectivity index (χ1n) is 8.94. The van der Waals surface area contributed by atoms with Crippen LogP contribution in [0.2, 0.25) is 0 Å². The lowest BCUT2D eigenvalue weighted by Gasteiger charge is -2.31. The summed E-state index contributed by atoms with van der Waals surface area (Å²) in [4.78, 5) is 30.4. The van der Waals surface area contributed by atoms with Gasteiger partial charge in [0, 0.05) is 42.4 Å². The summed E-state index contributed by atoms with van der Waals surface area (Å²) >= 11 is 3.36. The predicted octanol–water partition coefficient (Wildman–Crippen LogP) is 2.78. The summed E-state index contributed by atoms with van der Waals surface area (Å²) in [6, 6.07) is 11.2. The monoisotopic (exact) mass is 431 g/mol. The fraction of sp³-hybridized carbons (Fsp3) is 0.350. The molecule has 1 aliphatic heterocycles. The summed E-state index contributed by atoms with van der Waals surface area (Å²) in [7, 11) is 0. The van der Waals surface area contributed by atoms with E-state index in [0.29, 0.717) is 38.2 Å². The molecule has 0 bridgehead atoms. The Morgan fingerprint density at radius 3 is 2.59 bits per heavy atom. The quantitative estimate of drug-likeness (QED) is 0.762. The summed E-state index contributed by atoms with van der Waals surface area (Å²) in [6.07, 6.45) is 4.79. The molecule has 0 aliphatic carbocycles. The zero-order valence-corrected chi connectivity index (χ0v) is 16.5. The first-order chi connectivity index (χ1) is 13.1. The summed E-state index contributed by atoms with van der Waals surface area (Å²) in [5.41, 5.74) is 0.976. The van der Waals surface area contributed by atoms with E-state index in [-0.39, 0.29) is 24.3 Å². The Bertz CT molecular complexity index is 760. The van der Waals surface area contributed by atoms with Gasteiger partial charge in [-0.3, -0.25) is 14.6 Å². The van der Waals surface area contributed by atoms with Crippen molar-refractivity contribution in [3.05, 3.63) is 58.8 Å². The van der Waals surface area contributed by atoms with Crippen molar-refractivity contribution >= 4 is 27.7 Å². The number of carbonyl (C=O) groups excluding carboxylic acids is 2. The number of piperidine rings is 1. The molecule has 0 radical (unpaired) electrons. The van der Waals surface area contributed by atoms with Gasteiger partial charge in [0.15, 0.2) is 6.61 Å². The molecule has 0 atom stereocenters. The summed E-state index contributed by atoms with van der Waals surface area (Å²) in [5.74, 6) is 0.596. The average Bonchev–Trinajstić information content (AvgIpc) is 2.72. The fourth-order valence-corrected chi connectivity index (χ4v) is 3.26. The molecule has 1 aromatic carbocycles. The van der Waals surface area contributed by atoms with Crippen LogP contribution in [0.4, 0.5) is 0 Å². The Labute approximate surface area is 167 Å². The van der Waals surface area contributed by atoms with Gasteiger partial charge in [-0.2, -0.15) is 0 Å². The zero-order valence-electron chi connectivity index (χ0n) is 14.9. The van der Waals surface area contributed by atoms with E-state index in [9.17, 15) is 9.59 Å². The number of amides is 2. The van der Waals surface area contributed by atoms with Gasteiger partial charge in [-0.1, -0.05) is 22.0 Å². The van der Waals surface area contributed by atoms with Crippen molar-refractivity contribution in [1.29, 1.82) is 0 Å². The third-order valence-corrected chi connectivity index (χ3v) is 5.11. The number of pyridine rings is 1. The highest BCUT2D eigenvalue weighted by Gasteiger charge is 2.27. The number of halogens is 1. The number of nitrogens with one attached hydrogen (secondary N) is 1. The maximum absolute atomic E-state index is 12.3. The number of nitrogens with zero attached hydrogens (tertiary/aromatic N) is 2. The Morgan fingerprint density at radius 2 is 1.93 bits per heavy atom. The van der Waals surface area contributed by atoms with E-state index < -0.39 is 0 Å². The summed E-state index contributed by atoms with van der Waals surface area (Å²) < 4.78 is 6.50. The molecule has 7 heteroatoms. The van der Waals surface area contributed by atoms with E-state index in [1.807, 2.05) is 36.4 Å². The van der Waals surface area contributed by atoms with Crippen LogP contribution in [0.5, 0.6) is 5.75 Å². The molecule has 1 aliphatic rings. The van der Waals surface area contributed by atoms with Crippen LogP contribution < -0.4 is 10.1 Å². The highest BCUT2D eigenvalue weighted by molar-refractivity contribution is 9.10. The first kappa shape index (κ1) is 19.4. The van der Waals surface area contributed by atoms with Crippen molar-refractivity contribution in [2.24, 2.45) is 5.92 Å². The van der Waals surface area contributed by atoms with Gasteiger partial charge in [0.05, 0.1) is 0 Å². The van der Waals surface area contributed by atoms with Crippen LogP contribution in [0.3, 0.4) is 0 Å². The topological polar surface area (TPSA) is 71.5 Å². The molecule has 0 unspecified atom stereocenters. The largest absolute Gasteiger partial charge is 0.484 e. The lowest BCUT2D eigenvalue weighted by atomic mass is 9.96. The molecule has 3 rings (SSSR count). The Morgan fingerprint density at radius 1 is 1.19 bits per heavy atom. The zero-order chi connectivity index (χ0) is 19.1. The molecule has 1 fully saturated rings. The van der Waals surface area contributed by atoms with Gasteiger partial charge < -0.3 is 15.0 Å². The summed E-state index contributed by atoms with van der Waals surface area (Å²) in [6.45, 7) is 1.65. The molecule has 0 saturated carbocycles. The van der Waals surface area contributed by atoms with Gasteiger partial charge in [-0.05, 0) is 48.7 Å². The van der Waals surface area contributed by atoms with Gasteiger partial charge in [-0.25, -0.2) is 0 Å². The number of benzene rings is 1. The van der Waals surface area contributed by atoms with Crippen LogP contribution >= 0.6 is 15.9 Å². The van der Waals surface area contributed by atoms with E-state index in [2.05, 4.69) is 26.2 Å². The Balaban J connectivity index is 1.39. The van der Waals surface area contributed by atoms with Crippen molar-refractivity contribution in [2.45, 2.75) is 19.4 Å². The van der Waals surface area contributed by atoms with E-state index >= 15 is 0 Å². The highest BCUT2D eigenvalue weighted by Crippen LogP contribution is 2.19. The van der Waals surface area contributed by atoms with Gasteiger partial charge in [0.25, 0.3) is 5.91 Å². The fourth-order valence-electron chi connectivity index (χ4n) is 2.99. The molecule has 142 valence electrons. The third kappa shape index (κ3) is 5.79. The minimum Gasteiger partial charge on any atom is -0.484 e. The molecule has 2 heterocycles. The second kappa shape index (κ2) is 9.50. The lowest BCUT2D eigenvalue weighted by molar-refractivity contribution is -0.137. The molecule has 0 spiro atoms. The number of rotatable bonds is 6. The molecule has 1 aromatic heterocycles. The molecule has 27 heavy (non-hydrogen) atoms. The number of hydrogen-bond donors (Lipinski definition) is 1. The van der Waals surface area contributed by atoms with Crippen molar-refractivity contribution < 1.29 is 14.3 Å². The van der Waals surface area contributed by atoms with E-state index in [1.54, 1.807) is 17.3 Å². The molecule has 6 nitrogen and oxygen atoms in total. The number of aromatic nitrogens is 1. The highest BCUT2D eigenvalue weighted by atomic mass is 79.9. The van der Waals surface area contributed by atoms with Crippen molar-refractivity contribution in [3.63, 3.8) is 0 Å². The van der Waals surface area contributed by atoms with Crippen molar-refractivity contribution in [2.75, 3.05) is 19.7 Å². The maximum atomic E-state index is 12.3. The van der Waals surface area contributed by atoms with Crippen LogP contribution in [0.15, 0.2) is 53.3 Å². The van der Waals surface area contributed by atoms with Gasteiger partial charge >= 0.3 is 0 Å². The number of likely N-dealkylation sites (tertiary alicyclic amines) is 1. The standard InChI is InChI=1S/C20H22BrN3O3/c21-17-3-5-18(6-4-17)27-14-19(25)24-10-7-16(8-11-24)20(26)23-13-15-2-1-9-22-12-15/h1-6,9,12,16H,7-8,10-11,13-14H2,(H,23,26). The van der Waals surface area contributed by atoms with Gasteiger partial charge in [-0.15, -0.1) is 0 Å². The van der Waals surface area contributed by atoms with Crippen LogP contribution in [-0.4, -0.2) is 41.4 Å². The molecule has 2 aromatic rings. The van der Waals surface area contributed by atoms with Crippen molar-refractivity contribution in [1.82, 2.24) is 15.2 Å². The first-order valence-corrected chi connectivity index (χ1v) is 9.74. The van der Waals surface area contributed by atoms with Crippen LogP contribution in [0.1, 0.15) is 18.4 Å². The SMILES string of the molecule is O=C(NCc1cccnc1)C1CCN(C(=O)COc2ccc(Br)cc2)CC1. The average molecular weight is 432 g/mol. The molecular formula is C20H22BrN3O3. The minimum atomic E-state index is -0.0573. The number of carbonyl (C=O) groups is 2. The molecular weight excluding hydrogens is 410 g/mol. The Kier molecular flexibility index (Phi) is 6.81. The predicted molar refractivity (Wildman–Crippen MR) is 105 cm³/mol. The second-order valence-corrected chi connectivity index (χ2v) is 7.39. The summed E-state index contributed by atoms with van der Waals surface area (Å²) in [5, 5.41) is 2.95. The van der Waals surface area contributed by atoms with E-state index in [0.717, 1.165) is 10.0 Å². The molecule has 1 N–H and O–H groups in total. The smallest absolute Gasteiger partial charge is 0.260 e. The van der Waals surface area contributed by atoms with Crippen LogP contribution in [0, 0.1) is 5.92 Å². The Hall–Kier alpha value is -2.41. The van der Waals surface area contributed by atoms with E-state index in [4.69, 9.17) is 4.74 Å². The maximum Gasteiger partial charge on any atom is 0.260 e. The number of ether oxygens (including phenoxy) is 1. The van der Waals surface area contributed by atoms with E-state index in [1.165, 1.54) is 0 Å². The minimum absolute atomic E-state index is 0.0134. The number of hydrogen-bond acceptors (Lipinski definition) is 4. The normalized spacial score (nSPS) is 14.6. The lowest BCUT2D eigenvalue weighted by Crippen LogP contribution is -2.44. The second-order valence-electron chi connectivity index (χ2n) is 6.48.